The molecule has 1 atom stereocenters. The van der Waals surface area contributed by atoms with Crippen molar-refractivity contribution in [1.82, 2.24) is 9.80 Å². The maximum atomic E-state index is 12.2. The molecule has 0 aromatic heterocycles. The van der Waals surface area contributed by atoms with Gasteiger partial charge in [0.15, 0.2) is 0 Å². The fraction of sp³-hybridized carbons (Fsp3) is 0.552. The van der Waals surface area contributed by atoms with Crippen molar-refractivity contribution in [2.75, 3.05) is 39.3 Å². The van der Waals surface area contributed by atoms with E-state index in [2.05, 4.69) is 35.2 Å². The highest BCUT2D eigenvalue weighted by atomic mass is 16.5. The molecule has 0 radical (unpaired) electrons. The number of aliphatic hydroxyl groups is 2. The molecule has 1 heterocycles. The van der Waals surface area contributed by atoms with E-state index >= 15 is 0 Å². The molecule has 0 spiro atoms. The van der Waals surface area contributed by atoms with Crippen LogP contribution < -0.4 is 4.74 Å². The highest BCUT2D eigenvalue weighted by Crippen LogP contribution is 2.38. The smallest absolute Gasteiger partial charge is 0.219 e. The number of β-amino-alcohol motifs (C(OH)–C–C–N with tert-alkyl or cyclic N) is 2. The van der Waals surface area contributed by atoms with Crippen LogP contribution in [0.3, 0.4) is 0 Å². The first-order valence-electron chi connectivity index (χ1n) is 12.8. The first kappa shape index (κ1) is 25.7. The Kier molecular flexibility index (Phi) is 7.84. The van der Waals surface area contributed by atoms with Crippen LogP contribution in [0.15, 0.2) is 48.5 Å². The Bertz CT molecular complexity index is 983. The molecule has 1 unspecified atom stereocenters. The quantitative estimate of drug-likeness (QED) is 0.660. The number of aryl methyl sites for hydroxylation is 2. The third-order valence-electron chi connectivity index (χ3n) is 7.54. The van der Waals surface area contributed by atoms with E-state index < -0.39 is 11.2 Å². The minimum Gasteiger partial charge on any atom is -0.490 e. The van der Waals surface area contributed by atoms with Crippen LogP contribution in [0.4, 0.5) is 0 Å². The van der Waals surface area contributed by atoms with Crippen LogP contribution in [-0.4, -0.2) is 76.5 Å². The van der Waals surface area contributed by atoms with Gasteiger partial charge in [0.05, 0.1) is 12.1 Å². The second kappa shape index (κ2) is 10.7. The van der Waals surface area contributed by atoms with E-state index in [1.165, 1.54) is 5.56 Å². The van der Waals surface area contributed by atoms with Crippen LogP contribution in [0.5, 0.6) is 5.75 Å². The molecular formula is C29H40N2O4. The van der Waals surface area contributed by atoms with Gasteiger partial charge >= 0.3 is 0 Å². The lowest BCUT2D eigenvalue weighted by atomic mass is 9.76. The molecule has 35 heavy (non-hydrogen) atoms. The summed E-state index contributed by atoms with van der Waals surface area (Å²) in [6.45, 7) is 7.89. The Morgan fingerprint density at radius 2 is 1.63 bits per heavy atom. The van der Waals surface area contributed by atoms with Gasteiger partial charge in [0.1, 0.15) is 18.0 Å². The second-order valence-electron chi connectivity index (χ2n) is 10.9. The molecule has 1 aliphatic heterocycles. The summed E-state index contributed by atoms with van der Waals surface area (Å²) in [5.74, 6) is 1.15. The number of nitrogens with zero attached hydrogens (tertiary/aromatic N) is 2. The molecule has 190 valence electrons. The van der Waals surface area contributed by atoms with E-state index in [1.54, 1.807) is 11.8 Å². The molecule has 4 rings (SSSR count). The van der Waals surface area contributed by atoms with Gasteiger partial charge in [-0.05, 0) is 74.3 Å². The monoisotopic (exact) mass is 480 g/mol. The molecule has 6 nitrogen and oxygen atoms in total. The fourth-order valence-corrected chi connectivity index (χ4v) is 5.76. The van der Waals surface area contributed by atoms with Crippen LogP contribution in [0.1, 0.15) is 55.2 Å². The molecule has 2 aliphatic rings. The van der Waals surface area contributed by atoms with Gasteiger partial charge in [-0.1, -0.05) is 36.4 Å². The predicted molar refractivity (Wildman–Crippen MR) is 138 cm³/mol. The molecule has 0 bridgehead atoms. The maximum Gasteiger partial charge on any atom is 0.219 e. The lowest BCUT2D eigenvalue weighted by Crippen LogP contribution is -2.54. The minimum absolute atomic E-state index is 0.0567. The van der Waals surface area contributed by atoms with Crippen LogP contribution in [0.25, 0.3) is 0 Å². The van der Waals surface area contributed by atoms with Gasteiger partial charge < -0.3 is 19.8 Å². The summed E-state index contributed by atoms with van der Waals surface area (Å²) in [5, 5.41) is 23.1. The van der Waals surface area contributed by atoms with Crippen molar-refractivity contribution in [2.45, 2.75) is 63.6 Å². The molecule has 1 saturated heterocycles. The first-order chi connectivity index (χ1) is 16.6. The Morgan fingerprint density at radius 3 is 2.26 bits per heavy atom. The lowest BCUT2D eigenvalue weighted by Gasteiger charge is -2.40. The van der Waals surface area contributed by atoms with Crippen LogP contribution in [-0.2, 0) is 4.79 Å². The number of amides is 1. The fourth-order valence-electron chi connectivity index (χ4n) is 5.76. The van der Waals surface area contributed by atoms with Crippen molar-refractivity contribution in [3.8, 4) is 5.75 Å². The molecule has 2 N–H and O–H groups in total. The van der Waals surface area contributed by atoms with Crippen LogP contribution >= 0.6 is 0 Å². The van der Waals surface area contributed by atoms with Crippen molar-refractivity contribution >= 4 is 5.91 Å². The Labute approximate surface area is 209 Å². The highest BCUT2D eigenvalue weighted by Gasteiger charge is 2.41. The van der Waals surface area contributed by atoms with Gasteiger partial charge in [0.2, 0.25) is 5.91 Å². The van der Waals surface area contributed by atoms with Crippen molar-refractivity contribution in [3.63, 3.8) is 0 Å². The molecule has 2 fully saturated rings. The van der Waals surface area contributed by atoms with Crippen molar-refractivity contribution in [2.24, 2.45) is 0 Å². The Balaban J connectivity index is 1.42. The topological polar surface area (TPSA) is 73.2 Å². The molecule has 1 amide bonds. The van der Waals surface area contributed by atoms with E-state index in [0.717, 1.165) is 42.6 Å². The Morgan fingerprint density at radius 1 is 0.971 bits per heavy atom. The molecule has 1 saturated carbocycles. The third kappa shape index (κ3) is 6.84. The molecule has 6 heteroatoms. The lowest BCUT2D eigenvalue weighted by molar-refractivity contribution is -0.132. The summed E-state index contributed by atoms with van der Waals surface area (Å²) in [4.78, 5) is 16.1. The van der Waals surface area contributed by atoms with Gasteiger partial charge in [0.25, 0.3) is 0 Å². The summed E-state index contributed by atoms with van der Waals surface area (Å²) in [6, 6.07) is 16.6. The summed E-state index contributed by atoms with van der Waals surface area (Å²) < 4.78 is 6.04. The van der Waals surface area contributed by atoms with Gasteiger partial charge in [-0.3, -0.25) is 9.69 Å². The predicted octanol–water partition coefficient (Wildman–Crippen LogP) is 3.67. The number of ether oxygens (including phenoxy) is 1. The number of hydrogen-bond acceptors (Lipinski definition) is 5. The number of carbonyl (C=O) groups excluding carboxylic acids is 1. The first-order valence-corrected chi connectivity index (χ1v) is 12.8. The van der Waals surface area contributed by atoms with Crippen molar-refractivity contribution in [3.05, 3.63) is 65.2 Å². The van der Waals surface area contributed by atoms with E-state index in [4.69, 9.17) is 4.74 Å². The second-order valence-corrected chi connectivity index (χ2v) is 10.9. The largest absolute Gasteiger partial charge is 0.490 e. The number of carbonyl (C=O) groups is 1. The van der Waals surface area contributed by atoms with E-state index in [0.29, 0.717) is 32.1 Å². The minimum atomic E-state index is -1.22. The molecule has 1 aliphatic carbocycles. The SMILES string of the molecule is CC(=O)N1CCN(CC2(O)CCC(c3ccccc3)CC2)CC(O)(COc2cc(C)cc(C)c2)C1. The van der Waals surface area contributed by atoms with Gasteiger partial charge in [-0.2, -0.15) is 0 Å². The molecule has 2 aromatic rings. The summed E-state index contributed by atoms with van der Waals surface area (Å²) >= 11 is 0. The van der Waals surface area contributed by atoms with Gasteiger partial charge in [-0.15, -0.1) is 0 Å². The normalized spacial score (nSPS) is 27.9. The summed E-state index contributed by atoms with van der Waals surface area (Å²) in [7, 11) is 0. The Hall–Kier alpha value is -2.41. The van der Waals surface area contributed by atoms with E-state index in [1.807, 2.05) is 32.0 Å². The van der Waals surface area contributed by atoms with Gasteiger partial charge in [-0.25, -0.2) is 0 Å². The summed E-state index contributed by atoms with van der Waals surface area (Å²) in [5.41, 5.74) is 1.55. The average molecular weight is 481 g/mol. The van der Waals surface area contributed by atoms with E-state index in [9.17, 15) is 15.0 Å². The standard InChI is InChI=1S/C29H40N2O4/c1-22-15-23(2)17-27(16-22)35-21-29(34)19-30(13-14-31(20-29)24(3)32)18-28(33)11-9-26(10-12-28)25-7-5-4-6-8-25/h4-8,15-17,26,33-34H,9-14,18-21H2,1-3H3. The number of rotatable bonds is 6. The van der Waals surface area contributed by atoms with Crippen molar-refractivity contribution in [1.29, 1.82) is 0 Å². The average Bonchev–Trinajstić information content (AvgIpc) is 2.97. The molecule has 2 aromatic carbocycles. The number of benzene rings is 2. The highest BCUT2D eigenvalue weighted by molar-refractivity contribution is 5.73. The maximum absolute atomic E-state index is 12.2. The zero-order valence-corrected chi connectivity index (χ0v) is 21.4. The van der Waals surface area contributed by atoms with Crippen LogP contribution in [0, 0.1) is 13.8 Å². The zero-order valence-electron chi connectivity index (χ0n) is 21.4. The van der Waals surface area contributed by atoms with Gasteiger partial charge in [0, 0.05) is 33.1 Å². The van der Waals surface area contributed by atoms with Crippen molar-refractivity contribution < 1.29 is 19.7 Å². The van der Waals surface area contributed by atoms with Crippen LogP contribution in [0.2, 0.25) is 0 Å². The summed E-state index contributed by atoms with van der Waals surface area (Å²) in [6.07, 6.45) is 3.37. The zero-order chi connectivity index (χ0) is 25.1. The molecular weight excluding hydrogens is 440 g/mol. The number of hydrogen-bond donors (Lipinski definition) is 2. The third-order valence-corrected chi connectivity index (χ3v) is 7.54. The van der Waals surface area contributed by atoms with E-state index in [-0.39, 0.29) is 19.1 Å².